The van der Waals surface area contributed by atoms with E-state index < -0.39 is 23.6 Å². The fourth-order valence-corrected chi connectivity index (χ4v) is 4.44. The first kappa shape index (κ1) is 21.1. The minimum absolute atomic E-state index is 0.164. The Bertz CT molecular complexity index is 751. The lowest BCUT2D eigenvalue weighted by Crippen LogP contribution is -2.55. The van der Waals surface area contributed by atoms with Crippen molar-refractivity contribution < 1.29 is 23.9 Å². The van der Waals surface area contributed by atoms with Crippen LogP contribution >= 0.6 is 0 Å². The Hall–Kier alpha value is -2.57. The maximum Gasteiger partial charge on any atom is 0.411 e. The van der Waals surface area contributed by atoms with Gasteiger partial charge >= 0.3 is 12.1 Å². The summed E-state index contributed by atoms with van der Waals surface area (Å²) >= 11 is 0. The van der Waals surface area contributed by atoms with Crippen molar-refractivity contribution >= 4 is 18.0 Å². The lowest BCUT2D eigenvalue weighted by atomic mass is 9.94. The Balaban J connectivity index is 1.73. The highest BCUT2D eigenvalue weighted by molar-refractivity contribution is 5.95. The SMILES string of the molecule is COC(=O)[C@@H](CC(C)C)N1CC[C@@]2(CCCN2C(=O)OCc2ccccc2)C1=O. The maximum absolute atomic E-state index is 13.4. The van der Waals surface area contributed by atoms with Crippen LogP contribution in [0.4, 0.5) is 4.79 Å². The molecule has 0 radical (unpaired) electrons. The minimum atomic E-state index is -0.906. The van der Waals surface area contributed by atoms with Crippen LogP contribution in [0, 0.1) is 5.92 Å². The van der Waals surface area contributed by atoms with Crippen molar-refractivity contribution in [3.8, 4) is 0 Å². The van der Waals surface area contributed by atoms with Crippen LogP contribution in [0.5, 0.6) is 0 Å². The van der Waals surface area contributed by atoms with Crippen molar-refractivity contribution in [1.82, 2.24) is 9.80 Å². The topological polar surface area (TPSA) is 76.2 Å². The van der Waals surface area contributed by atoms with Crippen molar-refractivity contribution in [3.05, 3.63) is 35.9 Å². The number of carbonyl (C=O) groups excluding carboxylic acids is 3. The zero-order chi connectivity index (χ0) is 21.0. The van der Waals surface area contributed by atoms with Gasteiger partial charge in [-0.2, -0.15) is 0 Å². The molecular formula is C22H30N2O5. The van der Waals surface area contributed by atoms with E-state index in [0.29, 0.717) is 32.4 Å². The Morgan fingerprint density at radius 1 is 1.14 bits per heavy atom. The molecule has 2 aliphatic rings. The third-order valence-corrected chi connectivity index (χ3v) is 5.88. The van der Waals surface area contributed by atoms with Crippen molar-refractivity contribution in [1.29, 1.82) is 0 Å². The summed E-state index contributed by atoms with van der Waals surface area (Å²) in [6.45, 7) is 5.11. The molecule has 0 aromatic heterocycles. The molecule has 7 heteroatoms. The van der Waals surface area contributed by atoms with Gasteiger partial charge in [0.15, 0.2) is 0 Å². The molecule has 158 valence electrons. The average Bonchev–Trinajstić information content (AvgIpc) is 3.29. The summed E-state index contributed by atoms with van der Waals surface area (Å²) in [6.07, 6.45) is 1.91. The Labute approximate surface area is 171 Å². The second-order valence-corrected chi connectivity index (χ2v) is 8.24. The van der Waals surface area contributed by atoms with E-state index >= 15 is 0 Å². The number of esters is 1. The molecule has 2 amide bonds. The van der Waals surface area contributed by atoms with Gasteiger partial charge in [-0.15, -0.1) is 0 Å². The number of nitrogens with zero attached hydrogens (tertiary/aromatic N) is 2. The molecule has 1 spiro atoms. The van der Waals surface area contributed by atoms with Crippen molar-refractivity contribution in [2.75, 3.05) is 20.2 Å². The highest BCUT2D eigenvalue weighted by Gasteiger charge is 2.57. The van der Waals surface area contributed by atoms with E-state index in [-0.39, 0.29) is 18.4 Å². The van der Waals surface area contributed by atoms with Crippen LogP contribution in [0.3, 0.4) is 0 Å². The zero-order valence-corrected chi connectivity index (χ0v) is 17.4. The number of amides is 2. The second kappa shape index (κ2) is 8.84. The summed E-state index contributed by atoms with van der Waals surface area (Å²) in [6, 6.07) is 8.85. The van der Waals surface area contributed by atoms with Crippen molar-refractivity contribution in [3.63, 3.8) is 0 Å². The van der Waals surface area contributed by atoms with Crippen molar-refractivity contribution in [2.24, 2.45) is 5.92 Å². The number of hydrogen-bond acceptors (Lipinski definition) is 5. The van der Waals surface area contributed by atoms with Gasteiger partial charge in [-0.25, -0.2) is 9.59 Å². The zero-order valence-electron chi connectivity index (χ0n) is 17.4. The molecule has 2 saturated heterocycles. The molecule has 2 fully saturated rings. The molecule has 29 heavy (non-hydrogen) atoms. The molecule has 7 nitrogen and oxygen atoms in total. The quantitative estimate of drug-likeness (QED) is 0.684. The van der Waals surface area contributed by atoms with Gasteiger partial charge in [0.2, 0.25) is 5.91 Å². The predicted octanol–water partition coefficient (Wildman–Crippen LogP) is 2.98. The first-order chi connectivity index (χ1) is 13.9. The van der Waals surface area contributed by atoms with Crippen molar-refractivity contribution in [2.45, 2.75) is 57.7 Å². The summed E-state index contributed by atoms with van der Waals surface area (Å²) < 4.78 is 10.4. The van der Waals surface area contributed by atoms with Gasteiger partial charge in [0, 0.05) is 13.1 Å². The number of ether oxygens (including phenoxy) is 2. The normalized spacial score (nSPS) is 22.4. The van der Waals surface area contributed by atoms with E-state index in [2.05, 4.69) is 0 Å². The number of rotatable bonds is 6. The lowest BCUT2D eigenvalue weighted by molar-refractivity contribution is -0.154. The van der Waals surface area contributed by atoms with Gasteiger partial charge < -0.3 is 14.4 Å². The smallest absolute Gasteiger partial charge is 0.411 e. The third kappa shape index (κ3) is 4.23. The van der Waals surface area contributed by atoms with E-state index in [1.54, 1.807) is 9.80 Å². The summed E-state index contributed by atoms with van der Waals surface area (Å²) in [5.41, 5.74) is -0.00651. The number of hydrogen-bond donors (Lipinski definition) is 0. The largest absolute Gasteiger partial charge is 0.467 e. The molecule has 1 aromatic rings. The van der Waals surface area contributed by atoms with Crippen LogP contribution < -0.4 is 0 Å². The summed E-state index contributed by atoms with van der Waals surface area (Å²) in [4.78, 5) is 41.8. The average molecular weight is 402 g/mol. The van der Waals surface area contributed by atoms with Gasteiger partial charge in [0.25, 0.3) is 0 Å². The standard InChI is InChI=1S/C22H30N2O5/c1-16(2)14-18(19(25)28-3)23-13-11-22(20(23)26)10-7-12-24(22)21(27)29-15-17-8-5-4-6-9-17/h4-6,8-9,16,18H,7,10-15H2,1-3H3/t18-,22+/m1/s1. The highest BCUT2D eigenvalue weighted by Crippen LogP contribution is 2.40. The summed E-state index contributed by atoms with van der Waals surface area (Å²) in [5.74, 6) is -0.331. The molecule has 0 aliphatic carbocycles. The fraction of sp³-hybridized carbons (Fsp3) is 0.591. The number of carbonyl (C=O) groups is 3. The molecule has 2 atom stereocenters. The maximum atomic E-state index is 13.4. The van der Waals surface area contributed by atoms with Gasteiger partial charge in [-0.1, -0.05) is 44.2 Å². The molecule has 2 heterocycles. The Kier molecular flexibility index (Phi) is 6.45. The van der Waals surface area contributed by atoms with Crippen LogP contribution in [0.15, 0.2) is 30.3 Å². The van der Waals surface area contributed by atoms with Crippen LogP contribution in [0.25, 0.3) is 0 Å². The minimum Gasteiger partial charge on any atom is -0.467 e. The summed E-state index contributed by atoms with van der Waals surface area (Å²) in [7, 11) is 1.34. The Morgan fingerprint density at radius 2 is 1.86 bits per heavy atom. The number of methoxy groups -OCH3 is 1. The van der Waals surface area contributed by atoms with Gasteiger partial charge in [-0.05, 0) is 37.2 Å². The summed E-state index contributed by atoms with van der Waals surface area (Å²) in [5, 5.41) is 0. The first-order valence-corrected chi connectivity index (χ1v) is 10.3. The van der Waals surface area contributed by atoms with E-state index in [9.17, 15) is 14.4 Å². The van der Waals surface area contributed by atoms with E-state index in [4.69, 9.17) is 9.47 Å². The van der Waals surface area contributed by atoms with E-state index in [0.717, 1.165) is 12.0 Å². The molecule has 1 aromatic carbocycles. The van der Waals surface area contributed by atoms with Crippen LogP contribution in [0.2, 0.25) is 0 Å². The number of benzene rings is 1. The Morgan fingerprint density at radius 3 is 2.52 bits per heavy atom. The first-order valence-electron chi connectivity index (χ1n) is 10.3. The van der Waals surface area contributed by atoms with E-state index in [1.807, 2.05) is 44.2 Å². The van der Waals surface area contributed by atoms with Gasteiger partial charge in [0.05, 0.1) is 7.11 Å². The molecule has 3 rings (SSSR count). The molecule has 2 aliphatic heterocycles. The molecule has 0 N–H and O–H groups in total. The molecule has 0 saturated carbocycles. The van der Waals surface area contributed by atoms with Gasteiger partial charge in [-0.3, -0.25) is 9.69 Å². The monoisotopic (exact) mass is 402 g/mol. The van der Waals surface area contributed by atoms with E-state index in [1.165, 1.54) is 7.11 Å². The molecule has 0 bridgehead atoms. The predicted molar refractivity (Wildman–Crippen MR) is 107 cm³/mol. The van der Waals surface area contributed by atoms with Crippen LogP contribution in [-0.2, 0) is 25.7 Å². The molecule has 0 unspecified atom stereocenters. The van der Waals surface area contributed by atoms with Crippen LogP contribution in [-0.4, -0.2) is 59.5 Å². The second-order valence-electron chi connectivity index (χ2n) is 8.24. The van der Waals surface area contributed by atoms with Crippen LogP contribution in [0.1, 0.15) is 45.1 Å². The fourth-order valence-electron chi connectivity index (χ4n) is 4.44. The number of likely N-dealkylation sites (tertiary alicyclic amines) is 2. The molecular weight excluding hydrogens is 372 g/mol. The lowest BCUT2D eigenvalue weighted by Gasteiger charge is -2.34. The van der Waals surface area contributed by atoms with Gasteiger partial charge in [0.1, 0.15) is 18.2 Å². The third-order valence-electron chi connectivity index (χ3n) is 5.88. The highest BCUT2D eigenvalue weighted by atomic mass is 16.6.